The molecule has 4 nitrogen and oxygen atoms in total. The zero-order chi connectivity index (χ0) is 15.8. The molecule has 112 valence electrons. The lowest BCUT2D eigenvalue weighted by Gasteiger charge is -2.08. The Morgan fingerprint density at radius 2 is 1.61 bits per heavy atom. The highest BCUT2D eigenvalue weighted by Gasteiger charge is 2.13. The Bertz CT molecular complexity index is 975. The van der Waals surface area contributed by atoms with Gasteiger partial charge in [0.1, 0.15) is 0 Å². The molecule has 0 aliphatic carbocycles. The molecule has 0 fully saturated rings. The molecule has 4 aromatic rings. The summed E-state index contributed by atoms with van der Waals surface area (Å²) in [6.45, 7) is 1.90. The van der Waals surface area contributed by atoms with Crippen molar-refractivity contribution in [2.24, 2.45) is 0 Å². The minimum absolute atomic E-state index is 0.707. The van der Waals surface area contributed by atoms with Crippen molar-refractivity contribution in [1.29, 1.82) is 0 Å². The topological polar surface area (TPSA) is 43.1 Å². The van der Waals surface area contributed by atoms with Gasteiger partial charge in [-0.15, -0.1) is 10.2 Å². The van der Waals surface area contributed by atoms with Gasteiger partial charge in [0.2, 0.25) is 0 Å². The Morgan fingerprint density at radius 1 is 0.870 bits per heavy atom. The molecule has 0 aliphatic heterocycles. The summed E-state index contributed by atoms with van der Waals surface area (Å²) in [6, 6.07) is 19.8. The number of hydrogen-bond acceptors (Lipinski definition) is 3. The number of halogens is 1. The van der Waals surface area contributed by atoms with Crippen molar-refractivity contribution in [3.05, 3.63) is 71.5 Å². The standard InChI is InChI=1S/C18H13ClN4/c1-12-20-21-18-16(13-5-3-2-4-6-13)11-17(22-23(12)18)14-7-9-15(19)10-8-14/h2-11H,1H3. The van der Waals surface area contributed by atoms with Crippen molar-refractivity contribution in [2.75, 3.05) is 0 Å². The quantitative estimate of drug-likeness (QED) is 0.549. The van der Waals surface area contributed by atoms with Crippen LogP contribution in [-0.4, -0.2) is 19.8 Å². The highest BCUT2D eigenvalue weighted by atomic mass is 35.5. The normalized spacial score (nSPS) is 11.0. The van der Waals surface area contributed by atoms with E-state index in [1.165, 1.54) is 0 Å². The minimum Gasteiger partial charge on any atom is -0.196 e. The van der Waals surface area contributed by atoms with Crippen molar-refractivity contribution in [2.45, 2.75) is 6.92 Å². The van der Waals surface area contributed by atoms with Crippen LogP contribution in [-0.2, 0) is 0 Å². The van der Waals surface area contributed by atoms with Gasteiger partial charge >= 0.3 is 0 Å². The lowest BCUT2D eigenvalue weighted by atomic mass is 10.0. The minimum atomic E-state index is 0.707. The number of aromatic nitrogens is 4. The van der Waals surface area contributed by atoms with Crippen molar-refractivity contribution < 1.29 is 0 Å². The van der Waals surface area contributed by atoms with Crippen LogP contribution in [0.4, 0.5) is 0 Å². The zero-order valence-corrected chi connectivity index (χ0v) is 13.2. The molecule has 2 heterocycles. The van der Waals surface area contributed by atoms with Crippen LogP contribution in [0.2, 0.25) is 5.02 Å². The van der Waals surface area contributed by atoms with E-state index in [-0.39, 0.29) is 0 Å². The highest BCUT2D eigenvalue weighted by molar-refractivity contribution is 6.30. The number of fused-ring (bicyclic) bond motifs is 1. The predicted octanol–water partition coefficient (Wildman–Crippen LogP) is 4.42. The van der Waals surface area contributed by atoms with Crippen molar-refractivity contribution >= 4 is 17.2 Å². The molecule has 0 unspecified atom stereocenters. The lowest BCUT2D eigenvalue weighted by Crippen LogP contribution is -1.99. The van der Waals surface area contributed by atoms with Crippen molar-refractivity contribution in [3.8, 4) is 22.4 Å². The van der Waals surface area contributed by atoms with Gasteiger partial charge < -0.3 is 0 Å². The van der Waals surface area contributed by atoms with E-state index >= 15 is 0 Å². The van der Waals surface area contributed by atoms with E-state index in [1.54, 1.807) is 4.52 Å². The summed E-state index contributed by atoms with van der Waals surface area (Å²) in [4.78, 5) is 0. The first-order chi connectivity index (χ1) is 11.2. The van der Waals surface area contributed by atoms with Gasteiger partial charge in [-0.2, -0.15) is 9.61 Å². The fraction of sp³-hybridized carbons (Fsp3) is 0.0556. The fourth-order valence-electron chi connectivity index (χ4n) is 2.58. The SMILES string of the molecule is Cc1nnc2c(-c3ccccc3)cc(-c3ccc(Cl)cc3)nn12. The van der Waals surface area contributed by atoms with Crippen LogP contribution < -0.4 is 0 Å². The van der Waals surface area contributed by atoms with Crippen LogP contribution in [0, 0.1) is 6.92 Å². The molecule has 0 saturated heterocycles. The van der Waals surface area contributed by atoms with Crippen LogP contribution in [0.3, 0.4) is 0 Å². The van der Waals surface area contributed by atoms with Gasteiger partial charge in [0.15, 0.2) is 11.5 Å². The first-order valence-electron chi connectivity index (χ1n) is 7.27. The van der Waals surface area contributed by atoms with Crippen LogP contribution in [0.5, 0.6) is 0 Å². The molecular weight excluding hydrogens is 308 g/mol. The molecule has 0 saturated carbocycles. The second-order valence-corrected chi connectivity index (χ2v) is 5.74. The fourth-order valence-corrected chi connectivity index (χ4v) is 2.70. The molecule has 2 aromatic carbocycles. The monoisotopic (exact) mass is 320 g/mol. The Morgan fingerprint density at radius 3 is 2.35 bits per heavy atom. The second-order valence-electron chi connectivity index (χ2n) is 5.30. The van der Waals surface area contributed by atoms with E-state index in [0.717, 1.165) is 33.9 Å². The largest absolute Gasteiger partial charge is 0.196 e. The summed E-state index contributed by atoms with van der Waals surface area (Å²) in [5.41, 5.74) is 4.71. The van der Waals surface area contributed by atoms with Crippen LogP contribution >= 0.6 is 11.6 Å². The molecule has 0 atom stereocenters. The maximum atomic E-state index is 5.98. The Labute approximate surface area is 138 Å². The van der Waals surface area contributed by atoms with E-state index in [4.69, 9.17) is 11.6 Å². The average Bonchev–Trinajstić information content (AvgIpc) is 2.97. The molecule has 0 N–H and O–H groups in total. The summed E-state index contributed by atoms with van der Waals surface area (Å²) in [5.74, 6) is 0.757. The highest BCUT2D eigenvalue weighted by Crippen LogP contribution is 2.28. The zero-order valence-electron chi connectivity index (χ0n) is 12.4. The number of benzene rings is 2. The third kappa shape index (κ3) is 2.47. The predicted molar refractivity (Wildman–Crippen MR) is 91.4 cm³/mol. The van der Waals surface area contributed by atoms with E-state index in [1.807, 2.05) is 55.5 Å². The molecule has 0 spiro atoms. The van der Waals surface area contributed by atoms with Gasteiger partial charge in [-0.05, 0) is 30.7 Å². The van der Waals surface area contributed by atoms with Gasteiger partial charge in [-0.3, -0.25) is 0 Å². The van der Waals surface area contributed by atoms with Gasteiger partial charge in [-0.25, -0.2) is 0 Å². The van der Waals surface area contributed by atoms with E-state index < -0.39 is 0 Å². The van der Waals surface area contributed by atoms with E-state index in [2.05, 4.69) is 27.4 Å². The first kappa shape index (κ1) is 13.9. The average molecular weight is 321 g/mol. The molecule has 0 radical (unpaired) electrons. The summed E-state index contributed by atoms with van der Waals surface area (Å²) in [6.07, 6.45) is 0. The van der Waals surface area contributed by atoms with Crippen LogP contribution in [0.25, 0.3) is 28.0 Å². The van der Waals surface area contributed by atoms with Gasteiger partial charge in [-0.1, -0.05) is 54.1 Å². The summed E-state index contributed by atoms with van der Waals surface area (Å²) >= 11 is 5.98. The molecule has 0 aliphatic rings. The van der Waals surface area contributed by atoms with Crippen LogP contribution in [0.1, 0.15) is 5.82 Å². The molecule has 0 bridgehead atoms. The third-order valence-electron chi connectivity index (χ3n) is 3.75. The first-order valence-corrected chi connectivity index (χ1v) is 7.64. The third-order valence-corrected chi connectivity index (χ3v) is 4.00. The summed E-state index contributed by atoms with van der Waals surface area (Å²) < 4.78 is 1.78. The molecule has 0 amide bonds. The summed E-state index contributed by atoms with van der Waals surface area (Å²) in [7, 11) is 0. The molecule has 4 rings (SSSR count). The van der Waals surface area contributed by atoms with Gasteiger partial charge in [0.25, 0.3) is 0 Å². The number of hydrogen-bond donors (Lipinski definition) is 0. The van der Waals surface area contributed by atoms with Gasteiger partial charge in [0.05, 0.1) is 5.69 Å². The molecule has 23 heavy (non-hydrogen) atoms. The van der Waals surface area contributed by atoms with Gasteiger partial charge in [0, 0.05) is 16.1 Å². The Kier molecular flexibility index (Phi) is 3.32. The number of aryl methyl sites for hydroxylation is 1. The Hall–Kier alpha value is -2.72. The summed E-state index contributed by atoms with van der Waals surface area (Å²) in [5, 5.41) is 13.8. The molecule has 5 heteroatoms. The lowest BCUT2D eigenvalue weighted by molar-refractivity contribution is 0.880. The van der Waals surface area contributed by atoms with Crippen molar-refractivity contribution in [1.82, 2.24) is 19.8 Å². The Balaban J connectivity index is 2.00. The van der Waals surface area contributed by atoms with Crippen LogP contribution in [0.15, 0.2) is 60.7 Å². The number of nitrogens with zero attached hydrogens (tertiary/aromatic N) is 4. The molecule has 2 aromatic heterocycles. The maximum absolute atomic E-state index is 5.98. The maximum Gasteiger partial charge on any atom is 0.185 e. The number of rotatable bonds is 2. The second kappa shape index (κ2) is 5.48. The van der Waals surface area contributed by atoms with Crippen molar-refractivity contribution in [3.63, 3.8) is 0 Å². The van der Waals surface area contributed by atoms with E-state index in [9.17, 15) is 0 Å². The van der Waals surface area contributed by atoms with E-state index in [0.29, 0.717) is 5.02 Å². The molecular formula is C18H13ClN4. The smallest absolute Gasteiger partial charge is 0.185 e.